The van der Waals surface area contributed by atoms with Gasteiger partial charge in [-0.2, -0.15) is 0 Å². The first kappa shape index (κ1) is 35.7. The van der Waals surface area contributed by atoms with Crippen LogP contribution < -0.4 is 26.4 Å². The Morgan fingerprint density at radius 1 is 0.975 bits per heavy atom. The van der Waals surface area contributed by atoms with Crippen LogP contribution in [0.15, 0.2) is 54.7 Å². The van der Waals surface area contributed by atoms with E-state index in [-0.39, 0.29) is 54.8 Å². The number of carbonyl (C=O) groups is 2. The summed E-state index contributed by atoms with van der Waals surface area (Å²) in [6, 6.07) is 13.4. The predicted molar refractivity (Wildman–Crippen MR) is 169 cm³/mol. The number of hydrogen-bond donors (Lipinski definition) is 4. The molecule has 13 heteroatoms. The summed E-state index contributed by atoms with van der Waals surface area (Å²) in [6.45, 7) is 4.22. The molecule has 0 aliphatic carbocycles. The van der Waals surface area contributed by atoms with E-state index in [4.69, 9.17) is 33.7 Å². The molecule has 218 valence electrons. The molecule has 1 aromatic heterocycles. The van der Waals surface area contributed by atoms with Crippen LogP contribution in [-0.2, 0) is 0 Å². The van der Waals surface area contributed by atoms with Crippen molar-refractivity contribution in [1.82, 2.24) is 10.3 Å². The third-order valence-electron chi connectivity index (χ3n) is 6.20. The van der Waals surface area contributed by atoms with Crippen LogP contribution in [0.25, 0.3) is 0 Å². The zero-order valence-corrected chi connectivity index (χ0v) is 25.6. The van der Waals surface area contributed by atoms with Crippen molar-refractivity contribution in [3.05, 3.63) is 81.5 Å². The molecule has 0 radical (unpaired) electrons. The van der Waals surface area contributed by atoms with Crippen LogP contribution in [0.3, 0.4) is 0 Å². The quantitative estimate of drug-likeness (QED) is 0.226. The second kappa shape index (κ2) is 16.8. The highest BCUT2D eigenvalue weighted by molar-refractivity contribution is 6.31. The molecule has 0 spiro atoms. The van der Waals surface area contributed by atoms with Crippen LogP contribution >= 0.6 is 60.4 Å². The first-order valence-corrected chi connectivity index (χ1v) is 12.8. The fraction of sp³-hybridized carbons (Fsp3) is 0.296. The van der Waals surface area contributed by atoms with E-state index in [0.29, 0.717) is 39.4 Å². The lowest BCUT2D eigenvalue weighted by atomic mass is 9.98. The van der Waals surface area contributed by atoms with E-state index in [1.165, 1.54) is 12.3 Å². The van der Waals surface area contributed by atoms with Crippen LogP contribution in [0.2, 0.25) is 10.0 Å². The number of nitrogens with zero attached hydrogens (tertiary/aromatic N) is 1. The van der Waals surface area contributed by atoms with Crippen LogP contribution in [-0.4, -0.2) is 42.5 Å². The summed E-state index contributed by atoms with van der Waals surface area (Å²) in [4.78, 5) is 30.6. The molecule has 2 amide bonds. The van der Waals surface area contributed by atoms with Crippen molar-refractivity contribution in [3.8, 4) is 5.75 Å². The summed E-state index contributed by atoms with van der Waals surface area (Å²) in [6.07, 6.45) is 3.12. The maximum Gasteiger partial charge on any atom is 0.259 e. The number of rotatable bonds is 8. The minimum Gasteiger partial charge on any atom is -0.489 e. The monoisotopic (exact) mass is 649 g/mol. The Morgan fingerprint density at radius 3 is 2.30 bits per heavy atom. The highest BCUT2D eigenvalue weighted by Crippen LogP contribution is 2.29. The van der Waals surface area contributed by atoms with Gasteiger partial charge in [0.15, 0.2) is 0 Å². The number of pyridine rings is 1. The molecule has 0 saturated carbocycles. The van der Waals surface area contributed by atoms with Gasteiger partial charge in [-0.05, 0) is 86.4 Å². The predicted octanol–water partition coefficient (Wildman–Crippen LogP) is 6.35. The topological polar surface area (TPSA) is 118 Å². The molecule has 0 bridgehead atoms. The Kier molecular flexibility index (Phi) is 15.0. The summed E-state index contributed by atoms with van der Waals surface area (Å²) in [5.74, 6) is 0.0322. The van der Waals surface area contributed by atoms with Gasteiger partial charge >= 0.3 is 0 Å². The number of hydrogen-bond acceptors (Lipinski definition) is 6. The maximum absolute atomic E-state index is 13.5. The van der Waals surface area contributed by atoms with Gasteiger partial charge in [0, 0.05) is 11.2 Å². The largest absolute Gasteiger partial charge is 0.489 e. The van der Waals surface area contributed by atoms with E-state index in [0.717, 1.165) is 31.5 Å². The van der Waals surface area contributed by atoms with E-state index >= 15 is 0 Å². The number of anilines is 2. The Hall–Kier alpha value is -2.30. The number of aromatic nitrogens is 1. The minimum atomic E-state index is -0.481. The lowest BCUT2D eigenvalue weighted by molar-refractivity contribution is 0.101. The third kappa shape index (κ3) is 9.38. The summed E-state index contributed by atoms with van der Waals surface area (Å²) >= 11 is 12.0. The zero-order chi connectivity index (χ0) is 26.4. The molecule has 3 aromatic rings. The lowest BCUT2D eigenvalue weighted by Crippen LogP contribution is -2.34. The number of ether oxygens (including phenoxy) is 1. The summed E-state index contributed by atoms with van der Waals surface area (Å²) in [5, 5.41) is 9.66. The number of nitrogens with two attached hydrogens (primary N) is 1. The highest BCUT2D eigenvalue weighted by atomic mass is 35.5. The molecule has 1 fully saturated rings. The van der Waals surface area contributed by atoms with Gasteiger partial charge in [0.25, 0.3) is 11.8 Å². The number of halogens is 5. The first-order chi connectivity index (χ1) is 17.8. The van der Waals surface area contributed by atoms with E-state index < -0.39 is 11.8 Å². The Bertz CT molecular complexity index is 1270. The molecular formula is C27H32Cl5N5O3. The number of piperidine rings is 1. The Labute approximate surface area is 262 Å². The van der Waals surface area contributed by atoms with Crippen LogP contribution in [0, 0.1) is 0 Å². The number of carbonyl (C=O) groups excluding carboxylic acids is 2. The standard InChI is InChI=1S/C27H29Cl2N5O3.3ClH/c1-16(14-30)17-2-5-21(24(12-17)37-20-8-10-31-11-9-20)26(35)33-23-6-3-18(28)13-22(23)27(36)34-25-7-4-19(29)15-32-25;;;/h2-7,12-13,15-16,20,31H,8-11,14,30H2,1H3,(H,33,35)(H,32,34,36);3*1H. The molecule has 40 heavy (non-hydrogen) atoms. The molecule has 8 nitrogen and oxygen atoms in total. The van der Waals surface area contributed by atoms with Crippen molar-refractivity contribution < 1.29 is 14.3 Å². The van der Waals surface area contributed by atoms with E-state index in [1.54, 1.807) is 30.3 Å². The van der Waals surface area contributed by atoms with Gasteiger partial charge < -0.3 is 26.4 Å². The smallest absolute Gasteiger partial charge is 0.259 e. The molecule has 1 aliphatic heterocycles. The molecule has 1 aliphatic rings. The van der Waals surface area contributed by atoms with Gasteiger partial charge in [0.2, 0.25) is 0 Å². The highest BCUT2D eigenvalue weighted by Gasteiger charge is 2.22. The van der Waals surface area contributed by atoms with E-state index in [9.17, 15) is 9.59 Å². The average Bonchev–Trinajstić information content (AvgIpc) is 2.91. The summed E-state index contributed by atoms with van der Waals surface area (Å²) in [5.41, 5.74) is 7.71. The second-order valence-electron chi connectivity index (χ2n) is 8.92. The van der Waals surface area contributed by atoms with E-state index in [2.05, 4.69) is 20.9 Å². The molecular weight excluding hydrogens is 620 g/mol. The van der Waals surface area contributed by atoms with Crippen LogP contribution in [0.4, 0.5) is 11.5 Å². The van der Waals surface area contributed by atoms with Crippen molar-refractivity contribution in [1.29, 1.82) is 0 Å². The lowest BCUT2D eigenvalue weighted by Gasteiger charge is -2.25. The summed E-state index contributed by atoms with van der Waals surface area (Å²) in [7, 11) is 0. The molecule has 1 unspecified atom stereocenters. The number of benzene rings is 2. The third-order valence-corrected chi connectivity index (χ3v) is 6.65. The van der Waals surface area contributed by atoms with Crippen molar-refractivity contribution >= 4 is 83.7 Å². The van der Waals surface area contributed by atoms with Crippen LogP contribution in [0.5, 0.6) is 5.75 Å². The normalized spacial score (nSPS) is 13.5. The summed E-state index contributed by atoms with van der Waals surface area (Å²) < 4.78 is 6.30. The molecule has 1 saturated heterocycles. The number of nitrogens with one attached hydrogen (secondary N) is 3. The van der Waals surface area contributed by atoms with Gasteiger partial charge in [-0.3, -0.25) is 9.59 Å². The fourth-order valence-corrected chi connectivity index (χ4v) is 4.28. The minimum absolute atomic E-state index is 0. The van der Waals surface area contributed by atoms with Crippen molar-refractivity contribution in [2.75, 3.05) is 30.3 Å². The number of amides is 2. The zero-order valence-electron chi connectivity index (χ0n) is 21.6. The molecule has 2 aromatic carbocycles. The van der Waals surface area contributed by atoms with Crippen LogP contribution in [0.1, 0.15) is 52.0 Å². The van der Waals surface area contributed by atoms with E-state index in [1.807, 2.05) is 19.1 Å². The SMILES string of the molecule is CC(CN)c1ccc(C(=O)Nc2ccc(Cl)cc2C(=O)Nc2ccc(Cl)cn2)c(OC2CCNCC2)c1.Cl.Cl.Cl. The van der Waals surface area contributed by atoms with Crippen molar-refractivity contribution in [2.24, 2.45) is 5.73 Å². The van der Waals surface area contributed by atoms with Gasteiger partial charge in [0.05, 0.1) is 21.8 Å². The maximum atomic E-state index is 13.5. The van der Waals surface area contributed by atoms with Crippen molar-refractivity contribution in [3.63, 3.8) is 0 Å². The van der Waals surface area contributed by atoms with Gasteiger partial charge in [-0.15, -0.1) is 37.2 Å². The average molecular weight is 652 g/mol. The van der Waals surface area contributed by atoms with Gasteiger partial charge in [-0.1, -0.05) is 36.2 Å². The Balaban J connectivity index is 0.00000267. The Morgan fingerprint density at radius 2 is 1.65 bits per heavy atom. The molecule has 4 rings (SSSR count). The van der Waals surface area contributed by atoms with Gasteiger partial charge in [0.1, 0.15) is 17.7 Å². The van der Waals surface area contributed by atoms with Gasteiger partial charge in [-0.25, -0.2) is 4.98 Å². The fourth-order valence-electron chi connectivity index (χ4n) is 4.00. The van der Waals surface area contributed by atoms with Crippen molar-refractivity contribution in [2.45, 2.75) is 31.8 Å². The second-order valence-corrected chi connectivity index (χ2v) is 9.79. The molecule has 2 heterocycles. The molecule has 1 atom stereocenters. The first-order valence-electron chi connectivity index (χ1n) is 12.1. The molecule has 5 N–H and O–H groups in total.